The van der Waals surface area contributed by atoms with Crippen LogP contribution in [0.3, 0.4) is 0 Å². The van der Waals surface area contributed by atoms with Crippen LogP contribution in [0.25, 0.3) is 0 Å². The fraction of sp³-hybridized carbons (Fsp3) is 0.684. The maximum atomic E-state index is 8.92. The van der Waals surface area contributed by atoms with Crippen molar-refractivity contribution in [1.29, 1.82) is 0 Å². The smallest absolute Gasteiger partial charge is 0.123 e. The molecule has 0 saturated heterocycles. The Labute approximate surface area is 130 Å². The molecule has 1 aromatic carbocycles. The number of benzene rings is 1. The molecule has 0 heterocycles. The van der Waals surface area contributed by atoms with Crippen LogP contribution in [-0.4, -0.2) is 18.3 Å². The molecule has 0 fully saturated rings. The van der Waals surface area contributed by atoms with Crippen LogP contribution in [0.2, 0.25) is 0 Å². The van der Waals surface area contributed by atoms with Crippen molar-refractivity contribution >= 4 is 0 Å². The lowest BCUT2D eigenvalue weighted by Crippen LogP contribution is -2.21. The van der Waals surface area contributed by atoms with Gasteiger partial charge in [-0.3, -0.25) is 0 Å². The molecule has 0 radical (unpaired) electrons. The minimum Gasteiger partial charge on any atom is -0.493 e. The van der Waals surface area contributed by atoms with E-state index < -0.39 is 0 Å². The number of hydrogen-bond donors (Lipinski definition) is 1. The first-order valence-electron chi connectivity index (χ1n) is 8.17. The van der Waals surface area contributed by atoms with Gasteiger partial charge in [-0.15, -0.1) is 0 Å². The molecular formula is C19H32O2. The largest absolute Gasteiger partial charge is 0.493 e. The van der Waals surface area contributed by atoms with Gasteiger partial charge in [0.1, 0.15) is 5.75 Å². The summed E-state index contributed by atoms with van der Waals surface area (Å²) in [7, 11) is 0. The summed E-state index contributed by atoms with van der Waals surface area (Å²) in [5.74, 6) is 0.964. The highest BCUT2D eigenvalue weighted by Crippen LogP contribution is 2.38. The predicted octanol–water partition coefficient (Wildman–Crippen LogP) is 4.82. The van der Waals surface area contributed by atoms with E-state index >= 15 is 0 Å². The lowest BCUT2D eigenvalue weighted by Gasteiger charge is -2.30. The molecule has 0 spiro atoms. The van der Waals surface area contributed by atoms with Crippen LogP contribution in [0.1, 0.15) is 71.9 Å². The maximum Gasteiger partial charge on any atom is 0.123 e. The molecule has 0 amide bonds. The van der Waals surface area contributed by atoms with E-state index in [1.807, 2.05) is 0 Å². The number of aliphatic hydroxyl groups is 1. The molecule has 0 aliphatic carbocycles. The second kappa shape index (κ2) is 7.31. The zero-order valence-corrected chi connectivity index (χ0v) is 14.6. The van der Waals surface area contributed by atoms with Crippen molar-refractivity contribution in [3.05, 3.63) is 29.3 Å². The molecule has 1 aromatic rings. The van der Waals surface area contributed by atoms with Gasteiger partial charge in [0.25, 0.3) is 0 Å². The van der Waals surface area contributed by atoms with Gasteiger partial charge in [0.15, 0.2) is 0 Å². The van der Waals surface area contributed by atoms with E-state index in [2.05, 4.69) is 59.7 Å². The van der Waals surface area contributed by atoms with Crippen molar-refractivity contribution in [1.82, 2.24) is 0 Å². The van der Waals surface area contributed by atoms with Gasteiger partial charge in [0.2, 0.25) is 0 Å². The molecular weight excluding hydrogens is 260 g/mol. The molecule has 0 atom stereocenters. The molecule has 1 rings (SSSR count). The average Bonchev–Trinajstić information content (AvgIpc) is 2.47. The lowest BCUT2D eigenvalue weighted by atomic mass is 9.76. The Kier molecular flexibility index (Phi) is 6.27. The summed E-state index contributed by atoms with van der Waals surface area (Å²) in [6, 6.07) is 6.62. The second-order valence-electron chi connectivity index (χ2n) is 7.11. The molecule has 0 saturated carbocycles. The molecule has 1 N–H and O–H groups in total. The minimum absolute atomic E-state index is 0.0916. The number of rotatable bonds is 8. The summed E-state index contributed by atoms with van der Waals surface area (Å²) >= 11 is 0. The summed E-state index contributed by atoms with van der Waals surface area (Å²) in [5, 5.41) is 8.92. The Balaban J connectivity index is 3.20. The van der Waals surface area contributed by atoms with Gasteiger partial charge < -0.3 is 9.84 Å². The zero-order chi connectivity index (χ0) is 16.1. The van der Waals surface area contributed by atoms with Crippen LogP contribution >= 0.6 is 0 Å². The fourth-order valence-electron chi connectivity index (χ4n) is 2.25. The Bertz CT molecular complexity index is 447. The topological polar surface area (TPSA) is 29.5 Å². The summed E-state index contributed by atoms with van der Waals surface area (Å²) in [4.78, 5) is 0. The lowest BCUT2D eigenvalue weighted by molar-refractivity contribution is 0.230. The standard InChI is InChI=1S/C19H32O2/c1-7-18(3,4)15-10-11-17(21-13-9-12-20)16(14-15)19(5,6)8-2/h10-11,14,20H,7-9,12-13H2,1-6H3. The zero-order valence-electron chi connectivity index (χ0n) is 14.6. The van der Waals surface area contributed by atoms with Crippen molar-refractivity contribution in [2.75, 3.05) is 13.2 Å². The summed E-state index contributed by atoms with van der Waals surface area (Å²) in [6.07, 6.45) is 2.86. The Morgan fingerprint density at radius 1 is 1.00 bits per heavy atom. The summed E-state index contributed by atoms with van der Waals surface area (Å²) < 4.78 is 5.91. The van der Waals surface area contributed by atoms with Gasteiger partial charge in [-0.25, -0.2) is 0 Å². The first-order valence-corrected chi connectivity index (χ1v) is 8.17. The van der Waals surface area contributed by atoms with Crippen molar-refractivity contribution < 1.29 is 9.84 Å². The Morgan fingerprint density at radius 3 is 2.14 bits per heavy atom. The number of ether oxygens (including phenoxy) is 1. The van der Waals surface area contributed by atoms with Crippen LogP contribution in [0.4, 0.5) is 0 Å². The molecule has 0 aliphatic rings. The van der Waals surface area contributed by atoms with Crippen molar-refractivity contribution in [2.45, 2.75) is 71.6 Å². The SMILES string of the molecule is CCC(C)(C)c1ccc(OCCCO)c(C(C)(C)CC)c1. The molecule has 120 valence electrons. The number of hydrogen-bond acceptors (Lipinski definition) is 2. The Morgan fingerprint density at radius 2 is 1.62 bits per heavy atom. The predicted molar refractivity (Wildman–Crippen MR) is 90.3 cm³/mol. The highest BCUT2D eigenvalue weighted by molar-refractivity contribution is 5.44. The van der Waals surface area contributed by atoms with E-state index in [-0.39, 0.29) is 17.4 Å². The van der Waals surface area contributed by atoms with Crippen molar-refractivity contribution in [3.63, 3.8) is 0 Å². The van der Waals surface area contributed by atoms with Gasteiger partial charge in [-0.05, 0) is 35.3 Å². The molecule has 21 heavy (non-hydrogen) atoms. The van der Waals surface area contributed by atoms with E-state index in [0.717, 1.165) is 18.6 Å². The van der Waals surface area contributed by atoms with Crippen LogP contribution < -0.4 is 4.74 Å². The van der Waals surface area contributed by atoms with E-state index in [1.54, 1.807) is 0 Å². The van der Waals surface area contributed by atoms with Crippen LogP contribution in [0.15, 0.2) is 18.2 Å². The van der Waals surface area contributed by atoms with Gasteiger partial charge in [-0.2, -0.15) is 0 Å². The molecule has 0 bridgehead atoms. The molecule has 0 unspecified atom stereocenters. The maximum absolute atomic E-state index is 8.92. The molecule has 2 nitrogen and oxygen atoms in total. The summed E-state index contributed by atoms with van der Waals surface area (Å²) in [5.41, 5.74) is 2.93. The van der Waals surface area contributed by atoms with E-state index in [9.17, 15) is 0 Å². The van der Waals surface area contributed by atoms with Gasteiger partial charge in [0, 0.05) is 18.6 Å². The van der Waals surface area contributed by atoms with Crippen molar-refractivity contribution in [3.8, 4) is 5.75 Å². The van der Waals surface area contributed by atoms with E-state index in [1.165, 1.54) is 11.1 Å². The van der Waals surface area contributed by atoms with Crippen LogP contribution in [0, 0.1) is 0 Å². The molecule has 0 aromatic heterocycles. The molecule has 0 aliphatic heterocycles. The third kappa shape index (κ3) is 4.47. The second-order valence-corrected chi connectivity index (χ2v) is 7.11. The van der Waals surface area contributed by atoms with Gasteiger partial charge >= 0.3 is 0 Å². The van der Waals surface area contributed by atoms with Crippen molar-refractivity contribution in [2.24, 2.45) is 0 Å². The monoisotopic (exact) mass is 292 g/mol. The minimum atomic E-state index is 0.0916. The quantitative estimate of drug-likeness (QED) is 0.696. The van der Waals surface area contributed by atoms with Gasteiger partial charge in [-0.1, -0.05) is 53.7 Å². The highest BCUT2D eigenvalue weighted by Gasteiger charge is 2.26. The first kappa shape index (κ1) is 18.0. The van der Waals surface area contributed by atoms with E-state index in [4.69, 9.17) is 9.84 Å². The van der Waals surface area contributed by atoms with Crippen LogP contribution in [-0.2, 0) is 10.8 Å². The number of aliphatic hydroxyl groups excluding tert-OH is 1. The van der Waals surface area contributed by atoms with Gasteiger partial charge in [0.05, 0.1) is 6.61 Å². The molecule has 2 heteroatoms. The Hall–Kier alpha value is -1.02. The third-order valence-electron chi connectivity index (χ3n) is 4.82. The first-order chi connectivity index (χ1) is 9.78. The highest BCUT2D eigenvalue weighted by atomic mass is 16.5. The third-order valence-corrected chi connectivity index (χ3v) is 4.82. The fourth-order valence-corrected chi connectivity index (χ4v) is 2.25. The average molecular weight is 292 g/mol. The normalized spacial score (nSPS) is 12.5. The van der Waals surface area contributed by atoms with E-state index in [0.29, 0.717) is 13.0 Å². The summed E-state index contributed by atoms with van der Waals surface area (Å²) in [6.45, 7) is 14.3. The van der Waals surface area contributed by atoms with Crippen LogP contribution in [0.5, 0.6) is 5.75 Å².